The van der Waals surface area contributed by atoms with Gasteiger partial charge in [0.05, 0.1) is 11.2 Å². The number of pyridine rings is 1. The second-order valence-electron chi connectivity index (χ2n) is 5.10. The van der Waals surface area contributed by atoms with E-state index in [2.05, 4.69) is 16.0 Å². The molecule has 4 heteroatoms. The van der Waals surface area contributed by atoms with Gasteiger partial charge < -0.3 is 10.0 Å². The third-order valence-corrected chi connectivity index (χ3v) is 3.39. The minimum absolute atomic E-state index is 0.278. The van der Waals surface area contributed by atoms with Crippen LogP contribution in [0.15, 0.2) is 18.3 Å². The molecule has 0 bridgehead atoms. The number of nitrogens with zero attached hydrogens (tertiary/aromatic N) is 3. The molecule has 1 atom stereocenters. The molecule has 0 aliphatic carbocycles. The van der Waals surface area contributed by atoms with Gasteiger partial charge in [0.25, 0.3) is 0 Å². The van der Waals surface area contributed by atoms with Crippen LogP contribution in [0.2, 0.25) is 0 Å². The average Bonchev–Trinajstić information content (AvgIpc) is 2.78. The van der Waals surface area contributed by atoms with E-state index in [0.29, 0.717) is 5.56 Å². The summed E-state index contributed by atoms with van der Waals surface area (Å²) in [5.74, 6) is 1.16. The van der Waals surface area contributed by atoms with Crippen molar-refractivity contribution < 1.29 is 5.11 Å². The summed E-state index contributed by atoms with van der Waals surface area (Å²) in [5.41, 5.74) is -0.0616. The highest BCUT2D eigenvalue weighted by molar-refractivity contribution is 5.42. The summed E-state index contributed by atoms with van der Waals surface area (Å²) in [6.07, 6.45) is 2.57. The van der Waals surface area contributed by atoms with Crippen LogP contribution in [0, 0.1) is 17.2 Å². The van der Waals surface area contributed by atoms with E-state index in [1.54, 1.807) is 12.3 Å². The molecular formula is C13H17N3O. The van der Waals surface area contributed by atoms with Crippen molar-refractivity contribution in [2.75, 3.05) is 18.0 Å². The minimum Gasteiger partial charge on any atom is -0.390 e. The highest BCUT2D eigenvalue weighted by Crippen LogP contribution is 2.29. The molecule has 2 heterocycles. The molecule has 0 amide bonds. The molecule has 1 aliphatic rings. The molecule has 1 aromatic heterocycles. The molecule has 0 saturated carbocycles. The topological polar surface area (TPSA) is 60.1 Å². The molecule has 1 aromatic rings. The van der Waals surface area contributed by atoms with Crippen molar-refractivity contribution >= 4 is 5.82 Å². The van der Waals surface area contributed by atoms with Crippen molar-refractivity contribution in [2.24, 2.45) is 5.92 Å². The van der Waals surface area contributed by atoms with Gasteiger partial charge in [0.15, 0.2) is 0 Å². The summed E-state index contributed by atoms with van der Waals surface area (Å²) in [7, 11) is 0. The summed E-state index contributed by atoms with van der Waals surface area (Å²) < 4.78 is 0. The van der Waals surface area contributed by atoms with Crippen LogP contribution >= 0.6 is 0 Å². The summed E-state index contributed by atoms with van der Waals surface area (Å²) in [5, 5.41) is 18.7. The standard InChI is InChI=1S/C13H17N3O/c1-13(2,17)11-5-6-16(9-11)12-4-3-10(7-14)8-15-12/h3-4,8,11,17H,5-6,9H2,1-2H3. The van der Waals surface area contributed by atoms with Gasteiger partial charge in [-0.1, -0.05) is 0 Å². The van der Waals surface area contributed by atoms with Gasteiger partial charge in [-0.25, -0.2) is 4.98 Å². The fourth-order valence-corrected chi connectivity index (χ4v) is 2.18. The molecular weight excluding hydrogens is 214 g/mol. The Morgan fingerprint density at radius 3 is 2.76 bits per heavy atom. The number of rotatable bonds is 2. The molecule has 1 saturated heterocycles. The first-order valence-electron chi connectivity index (χ1n) is 5.84. The van der Waals surface area contributed by atoms with Crippen LogP contribution in [0.25, 0.3) is 0 Å². The van der Waals surface area contributed by atoms with Gasteiger partial charge >= 0.3 is 0 Å². The van der Waals surface area contributed by atoms with Gasteiger partial charge in [-0.05, 0) is 32.4 Å². The quantitative estimate of drug-likeness (QED) is 0.839. The van der Waals surface area contributed by atoms with E-state index in [-0.39, 0.29) is 5.92 Å². The van der Waals surface area contributed by atoms with Gasteiger partial charge in [-0.3, -0.25) is 0 Å². The van der Waals surface area contributed by atoms with Crippen LogP contribution in [-0.4, -0.2) is 28.8 Å². The largest absolute Gasteiger partial charge is 0.390 e. The predicted molar refractivity (Wildman–Crippen MR) is 65.6 cm³/mol. The number of anilines is 1. The van der Waals surface area contributed by atoms with E-state index in [4.69, 9.17) is 5.26 Å². The summed E-state index contributed by atoms with van der Waals surface area (Å²) in [6.45, 7) is 5.44. The van der Waals surface area contributed by atoms with Crippen LogP contribution in [0.5, 0.6) is 0 Å². The maximum absolute atomic E-state index is 9.97. The monoisotopic (exact) mass is 231 g/mol. The van der Waals surface area contributed by atoms with Gasteiger partial charge in [-0.2, -0.15) is 5.26 Å². The lowest BCUT2D eigenvalue weighted by Gasteiger charge is -2.25. The SMILES string of the molecule is CC(C)(O)C1CCN(c2ccc(C#N)cn2)C1. The molecule has 17 heavy (non-hydrogen) atoms. The van der Waals surface area contributed by atoms with E-state index in [9.17, 15) is 5.11 Å². The molecule has 90 valence electrons. The molecule has 1 fully saturated rings. The fourth-order valence-electron chi connectivity index (χ4n) is 2.18. The Hall–Kier alpha value is -1.60. The summed E-state index contributed by atoms with van der Waals surface area (Å²) in [4.78, 5) is 6.43. The molecule has 1 N–H and O–H groups in total. The summed E-state index contributed by atoms with van der Waals surface area (Å²) in [6, 6.07) is 5.70. The number of aromatic nitrogens is 1. The normalized spacial score (nSPS) is 20.4. The molecule has 4 nitrogen and oxygen atoms in total. The average molecular weight is 231 g/mol. The van der Waals surface area contributed by atoms with Crippen molar-refractivity contribution in [1.82, 2.24) is 4.98 Å². The maximum atomic E-state index is 9.97. The second-order valence-corrected chi connectivity index (χ2v) is 5.10. The maximum Gasteiger partial charge on any atom is 0.128 e. The highest BCUT2D eigenvalue weighted by atomic mass is 16.3. The predicted octanol–water partition coefficient (Wildman–Crippen LogP) is 1.55. The molecule has 1 unspecified atom stereocenters. The fraction of sp³-hybridized carbons (Fsp3) is 0.538. The lowest BCUT2D eigenvalue weighted by molar-refractivity contribution is 0.0263. The Balaban J connectivity index is 2.08. The van der Waals surface area contributed by atoms with E-state index in [1.807, 2.05) is 19.9 Å². The third kappa shape index (κ3) is 2.56. The smallest absolute Gasteiger partial charge is 0.128 e. The van der Waals surface area contributed by atoms with E-state index in [1.165, 1.54) is 0 Å². The first kappa shape index (κ1) is 11.9. The Kier molecular flexibility index (Phi) is 3.03. The van der Waals surface area contributed by atoms with Crippen LogP contribution in [0.1, 0.15) is 25.8 Å². The molecule has 2 rings (SSSR count). The zero-order valence-electron chi connectivity index (χ0n) is 10.2. The van der Waals surface area contributed by atoms with Crippen molar-refractivity contribution in [2.45, 2.75) is 25.9 Å². The first-order valence-corrected chi connectivity index (χ1v) is 5.84. The van der Waals surface area contributed by atoms with Crippen molar-refractivity contribution in [3.63, 3.8) is 0 Å². The van der Waals surface area contributed by atoms with Crippen LogP contribution in [-0.2, 0) is 0 Å². The zero-order valence-corrected chi connectivity index (χ0v) is 10.2. The van der Waals surface area contributed by atoms with Crippen molar-refractivity contribution in [1.29, 1.82) is 5.26 Å². The van der Waals surface area contributed by atoms with Gasteiger partial charge in [0.2, 0.25) is 0 Å². The molecule has 0 radical (unpaired) electrons. The van der Waals surface area contributed by atoms with Crippen LogP contribution in [0.3, 0.4) is 0 Å². The van der Waals surface area contributed by atoms with E-state index in [0.717, 1.165) is 25.3 Å². The lowest BCUT2D eigenvalue weighted by Crippen LogP contribution is -2.33. The molecule has 0 aromatic carbocycles. The summed E-state index contributed by atoms with van der Waals surface area (Å²) >= 11 is 0. The van der Waals surface area contributed by atoms with Gasteiger partial charge in [-0.15, -0.1) is 0 Å². The molecule has 0 spiro atoms. The third-order valence-electron chi connectivity index (χ3n) is 3.39. The Morgan fingerprint density at radius 1 is 1.53 bits per heavy atom. The van der Waals surface area contributed by atoms with Crippen molar-refractivity contribution in [3.8, 4) is 6.07 Å². The zero-order chi connectivity index (χ0) is 12.5. The van der Waals surface area contributed by atoms with Crippen LogP contribution in [0.4, 0.5) is 5.82 Å². The number of hydrogen-bond donors (Lipinski definition) is 1. The van der Waals surface area contributed by atoms with Gasteiger partial charge in [0, 0.05) is 25.2 Å². The lowest BCUT2D eigenvalue weighted by atomic mass is 9.90. The van der Waals surface area contributed by atoms with E-state index >= 15 is 0 Å². The number of hydrogen-bond acceptors (Lipinski definition) is 4. The van der Waals surface area contributed by atoms with Crippen LogP contribution < -0.4 is 4.90 Å². The second kappa shape index (κ2) is 4.34. The Labute approximate surface area is 102 Å². The Bertz CT molecular complexity index is 427. The number of aliphatic hydroxyl groups is 1. The highest BCUT2D eigenvalue weighted by Gasteiger charge is 2.33. The van der Waals surface area contributed by atoms with E-state index < -0.39 is 5.60 Å². The van der Waals surface area contributed by atoms with Gasteiger partial charge in [0.1, 0.15) is 11.9 Å². The minimum atomic E-state index is -0.638. The van der Waals surface area contributed by atoms with Crippen molar-refractivity contribution in [3.05, 3.63) is 23.9 Å². The number of nitriles is 1. The molecule has 1 aliphatic heterocycles. The first-order chi connectivity index (χ1) is 8.00. The Morgan fingerprint density at radius 2 is 2.29 bits per heavy atom.